The number of nitrogens with zero attached hydrogens (tertiary/aromatic N) is 1. The van der Waals surface area contributed by atoms with Gasteiger partial charge in [0.05, 0.1) is 0 Å². The Balaban J connectivity index is 2.89. The zero-order valence-corrected chi connectivity index (χ0v) is 9.11. The molecule has 0 spiro atoms. The van der Waals surface area contributed by atoms with Gasteiger partial charge in [-0.15, -0.1) is 0 Å². The lowest BCUT2D eigenvalue weighted by Gasteiger charge is -2.13. The Morgan fingerprint density at radius 1 is 1.33 bits per heavy atom. The van der Waals surface area contributed by atoms with Crippen molar-refractivity contribution in [2.24, 2.45) is 0 Å². The van der Waals surface area contributed by atoms with Crippen LogP contribution >= 0.6 is 11.8 Å². The fraction of sp³-hybridized carbons (Fsp3) is 0.333. The molecule has 0 aliphatic rings. The average molecular weight is 229 g/mol. The van der Waals surface area contributed by atoms with Gasteiger partial charge in [-0.25, -0.2) is 0 Å². The fourth-order valence-corrected chi connectivity index (χ4v) is 1.72. The first-order valence-electron chi connectivity index (χ1n) is 4.25. The molecule has 1 aromatic heterocycles. The van der Waals surface area contributed by atoms with Crippen LogP contribution < -0.4 is 0 Å². The summed E-state index contributed by atoms with van der Waals surface area (Å²) in [6.45, 7) is 2.78. The van der Waals surface area contributed by atoms with Crippen molar-refractivity contribution < 1.29 is 19.8 Å². The van der Waals surface area contributed by atoms with Crippen molar-refractivity contribution in [1.29, 1.82) is 0 Å². The Bertz CT molecular complexity index is 379. The molecule has 0 bridgehead atoms. The van der Waals surface area contributed by atoms with Crippen molar-refractivity contribution in [2.45, 2.75) is 19.9 Å². The van der Waals surface area contributed by atoms with Crippen molar-refractivity contribution in [1.82, 2.24) is 4.57 Å². The maximum atomic E-state index is 11.5. The van der Waals surface area contributed by atoms with Gasteiger partial charge in [0.15, 0.2) is 16.9 Å². The number of rotatable bonds is 2. The SMILES string of the molecule is CC(=O)SC(=O)C(C)n1c(O)ccc1O. The molecule has 0 fully saturated rings. The minimum absolute atomic E-state index is 0.211. The first kappa shape index (κ1) is 11.6. The van der Waals surface area contributed by atoms with E-state index in [0.29, 0.717) is 11.8 Å². The highest BCUT2D eigenvalue weighted by molar-refractivity contribution is 8.26. The molecule has 1 atom stereocenters. The van der Waals surface area contributed by atoms with Crippen molar-refractivity contribution in [2.75, 3.05) is 0 Å². The summed E-state index contributed by atoms with van der Waals surface area (Å²) in [5.74, 6) is -0.421. The van der Waals surface area contributed by atoms with Crippen LogP contribution in [0.3, 0.4) is 0 Å². The molecule has 0 amide bonds. The summed E-state index contributed by atoms with van der Waals surface area (Å²) in [4.78, 5) is 22.2. The Labute approximate surface area is 90.7 Å². The lowest BCUT2D eigenvalue weighted by molar-refractivity contribution is -0.114. The highest BCUT2D eigenvalue weighted by Crippen LogP contribution is 2.29. The predicted octanol–water partition coefficient (Wildman–Crippen LogP) is 1.27. The van der Waals surface area contributed by atoms with Gasteiger partial charge in [0, 0.05) is 19.1 Å². The van der Waals surface area contributed by atoms with Crippen LogP contribution in [0.15, 0.2) is 12.1 Å². The maximum absolute atomic E-state index is 11.5. The molecular weight excluding hydrogens is 218 g/mol. The summed E-state index contributed by atoms with van der Waals surface area (Å²) >= 11 is 0.557. The lowest BCUT2D eigenvalue weighted by Crippen LogP contribution is -2.13. The van der Waals surface area contributed by atoms with E-state index in [9.17, 15) is 19.8 Å². The van der Waals surface area contributed by atoms with Gasteiger partial charge in [0.25, 0.3) is 0 Å². The van der Waals surface area contributed by atoms with E-state index in [1.807, 2.05) is 0 Å². The van der Waals surface area contributed by atoms with Gasteiger partial charge < -0.3 is 10.2 Å². The Kier molecular flexibility index (Phi) is 3.41. The zero-order valence-electron chi connectivity index (χ0n) is 8.30. The second-order valence-electron chi connectivity index (χ2n) is 3.01. The summed E-state index contributed by atoms with van der Waals surface area (Å²) in [6.07, 6.45) is 0. The zero-order chi connectivity index (χ0) is 11.6. The second kappa shape index (κ2) is 4.39. The molecule has 1 unspecified atom stereocenters. The highest BCUT2D eigenvalue weighted by atomic mass is 32.2. The molecule has 82 valence electrons. The number of thioether (sulfide) groups is 1. The van der Waals surface area contributed by atoms with Gasteiger partial charge in [0.2, 0.25) is 5.12 Å². The van der Waals surface area contributed by atoms with Crippen LogP contribution in [0.4, 0.5) is 0 Å². The molecule has 0 saturated heterocycles. The molecule has 5 nitrogen and oxygen atoms in total. The molecule has 0 aliphatic heterocycles. The summed E-state index contributed by atoms with van der Waals surface area (Å²) in [5, 5.41) is 17.9. The van der Waals surface area contributed by atoms with E-state index in [0.717, 1.165) is 4.57 Å². The quantitative estimate of drug-likeness (QED) is 0.798. The standard InChI is InChI=1S/C9H11NO4S/c1-5(9(14)15-6(2)11)10-7(12)3-4-8(10)13/h3-5,12-13H,1-2H3. The minimum atomic E-state index is -0.783. The number of aromatic hydroxyl groups is 2. The number of aromatic nitrogens is 1. The molecule has 6 heteroatoms. The highest BCUT2D eigenvalue weighted by Gasteiger charge is 2.21. The molecule has 15 heavy (non-hydrogen) atoms. The first-order chi connectivity index (χ1) is 6.93. The molecule has 1 aromatic rings. The Morgan fingerprint density at radius 2 is 1.80 bits per heavy atom. The van der Waals surface area contributed by atoms with Crippen LogP contribution in [0.1, 0.15) is 19.9 Å². The lowest BCUT2D eigenvalue weighted by atomic mass is 10.4. The summed E-state index contributed by atoms with van der Waals surface area (Å²) in [5.41, 5.74) is 0. The Hall–Kier alpha value is -1.43. The molecule has 0 aromatic carbocycles. The monoisotopic (exact) mass is 229 g/mol. The van der Waals surface area contributed by atoms with Crippen molar-refractivity contribution in [3.63, 3.8) is 0 Å². The molecular formula is C9H11NO4S. The number of hydrogen-bond donors (Lipinski definition) is 2. The van der Waals surface area contributed by atoms with Gasteiger partial charge in [-0.3, -0.25) is 14.2 Å². The molecule has 1 heterocycles. The van der Waals surface area contributed by atoms with E-state index < -0.39 is 11.2 Å². The normalized spacial score (nSPS) is 12.4. The number of hydrogen-bond acceptors (Lipinski definition) is 5. The maximum Gasteiger partial charge on any atom is 0.219 e. The Morgan fingerprint density at radius 3 is 2.20 bits per heavy atom. The van der Waals surface area contributed by atoms with Gasteiger partial charge in [-0.05, 0) is 18.7 Å². The smallest absolute Gasteiger partial charge is 0.219 e. The van der Waals surface area contributed by atoms with Crippen LogP contribution in [-0.4, -0.2) is 25.0 Å². The summed E-state index contributed by atoms with van der Waals surface area (Å²) in [6, 6.07) is 1.77. The van der Waals surface area contributed by atoms with E-state index in [1.54, 1.807) is 0 Å². The molecule has 2 N–H and O–H groups in total. The molecule has 0 radical (unpaired) electrons. The molecule has 0 saturated carbocycles. The van der Waals surface area contributed by atoms with Gasteiger partial charge in [0.1, 0.15) is 6.04 Å². The molecule has 1 rings (SSSR count). The van der Waals surface area contributed by atoms with E-state index in [-0.39, 0.29) is 16.9 Å². The topological polar surface area (TPSA) is 79.5 Å². The van der Waals surface area contributed by atoms with Gasteiger partial charge in [-0.2, -0.15) is 0 Å². The summed E-state index contributed by atoms with van der Waals surface area (Å²) in [7, 11) is 0. The second-order valence-corrected chi connectivity index (χ2v) is 4.19. The van der Waals surface area contributed by atoms with E-state index in [1.165, 1.54) is 26.0 Å². The third-order valence-corrected chi connectivity index (χ3v) is 2.68. The van der Waals surface area contributed by atoms with Crippen LogP contribution in [0.5, 0.6) is 11.8 Å². The van der Waals surface area contributed by atoms with E-state index in [2.05, 4.69) is 0 Å². The van der Waals surface area contributed by atoms with Crippen molar-refractivity contribution >= 4 is 22.0 Å². The number of carbonyl (C=O) groups is 2. The molecule has 0 aliphatic carbocycles. The predicted molar refractivity (Wildman–Crippen MR) is 55.8 cm³/mol. The largest absolute Gasteiger partial charge is 0.494 e. The van der Waals surface area contributed by atoms with Crippen LogP contribution in [0, 0.1) is 0 Å². The first-order valence-corrected chi connectivity index (χ1v) is 5.06. The minimum Gasteiger partial charge on any atom is -0.494 e. The third kappa shape index (κ3) is 2.53. The van der Waals surface area contributed by atoms with Crippen molar-refractivity contribution in [3.8, 4) is 11.8 Å². The van der Waals surface area contributed by atoms with Crippen LogP contribution in [0.2, 0.25) is 0 Å². The van der Waals surface area contributed by atoms with Gasteiger partial charge >= 0.3 is 0 Å². The van der Waals surface area contributed by atoms with E-state index in [4.69, 9.17) is 0 Å². The van der Waals surface area contributed by atoms with Crippen molar-refractivity contribution in [3.05, 3.63) is 12.1 Å². The fourth-order valence-electron chi connectivity index (χ4n) is 1.16. The van der Waals surface area contributed by atoms with Gasteiger partial charge in [-0.1, -0.05) is 0 Å². The summed E-state index contributed by atoms with van der Waals surface area (Å²) < 4.78 is 1.05. The third-order valence-electron chi connectivity index (χ3n) is 1.85. The number of carbonyl (C=O) groups excluding carboxylic acids is 2. The van der Waals surface area contributed by atoms with E-state index >= 15 is 0 Å². The average Bonchev–Trinajstić information content (AvgIpc) is 2.44. The van der Waals surface area contributed by atoms with Crippen LogP contribution in [-0.2, 0) is 9.59 Å². The van der Waals surface area contributed by atoms with Crippen LogP contribution in [0.25, 0.3) is 0 Å².